The molecule has 0 radical (unpaired) electrons. The van der Waals surface area contributed by atoms with Crippen molar-refractivity contribution in [3.05, 3.63) is 0 Å². The van der Waals surface area contributed by atoms with Crippen LogP contribution in [0, 0.1) is 23.2 Å². The summed E-state index contributed by atoms with van der Waals surface area (Å²) in [7, 11) is 0. The maximum atomic E-state index is 13.4. The average Bonchev–Trinajstić information content (AvgIpc) is 2.35. The molecule has 4 rings (SSSR count). The molecule has 8 heteroatoms. The summed E-state index contributed by atoms with van der Waals surface area (Å²) in [5, 5.41) is 8.20. The van der Waals surface area contributed by atoms with Gasteiger partial charge in [-0.1, -0.05) is 0 Å². The van der Waals surface area contributed by atoms with E-state index < -0.39 is 29.4 Å². The first-order chi connectivity index (χ1) is 10.1. The Morgan fingerprint density at radius 1 is 0.955 bits per heavy atom. The van der Waals surface area contributed by atoms with Gasteiger partial charge < -0.3 is 9.84 Å². The average molecular weight is 324 g/mol. The van der Waals surface area contributed by atoms with Crippen LogP contribution in [0.25, 0.3) is 0 Å². The fourth-order valence-corrected chi connectivity index (χ4v) is 4.77. The molecule has 22 heavy (non-hydrogen) atoms. The first-order valence-corrected chi connectivity index (χ1v) is 7.28. The van der Waals surface area contributed by atoms with Gasteiger partial charge in [-0.15, -0.1) is 0 Å². The standard InChI is InChI=1S/C14H16F4O4/c15-13(16,10(19)20)14(17,18)22-11(21)12-4-7-1-8(5-12)3-9(2-7)6-12/h7-9H,1-6H2,(H,19,20). The number of carboxylic acid groups (broad SMARTS) is 1. The summed E-state index contributed by atoms with van der Waals surface area (Å²) < 4.78 is 56.6. The van der Waals surface area contributed by atoms with E-state index in [1.807, 2.05) is 0 Å². The number of aliphatic carboxylic acids is 1. The van der Waals surface area contributed by atoms with Gasteiger partial charge in [0.15, 0.2) is 0 Å². The van der Waals surface area contributed by atoms with Crippen molar-refractivity contribution in [1.29, 1.82) is 0 Å². The molecule has 0 aliphatic heterocycles. The van der Waals surface area contributed by atoms with Crippen LogP contribution in [-0.4, -0.2) is 29.1 Å². The third-order valence-corrected chi connectivity index (χ3v) is 5.33. The second-order valence-electron chi connectivity index (χ2n) is 6.98. The summed E-state index contributed by atoms with van der Waals surface area (Å²) >= 11 is 0. The first kappa shape index (κ1) is 15.6. The lowest BCUT2D eigenvalue weighted by Gasteiger charge is -2.55. The number of rotatable bonds is 4. The highest BCUT2D eigenvalue weighted by molar-refractivity contribution is 5.80. The summed E-state index contributed by atoms with van der Waals surface area (Å²) in [6.07, 6.45) is -1.43. The molecule has 1 N–H and O–H groups in total. The molecule has 0 aromatic heterocycles. The largest absolute Gasteiger partial charge is 0.478 e. The quantitative estimate of drug-likeness (QED) is 0.638. The third kappa shape index (κ3) is 2.18. The van der Waals surface area contributed by atoms with Crippen LogP contribution in [0.2, 0.25) is 0 Å². The first-order valence-electron chi connectivity index (χ1n) is 7.28. The molecule has 0 atom stereocenters. The summed E-state index contributed by atoms with van der Waals surface area (Å²) in [6, 6.07) is 0. The Bertz CT molecular complexity index is 482. The Morgan fingerprint density at radius 2 is 1.36 bits per heavy atom. The molecule has 4 fully saturated rings. The zero-order valence-electron chi connectivity index (χ0n) is 11.7. The number of hydrogen-bond acceptors (Lipinski definition) is 3. The van der Waals surface area contributed by atoms with Gasteiger partial charge in [0.05, 0.1) is 5.41 Å². The maximum absolute atomic E-state index is 13.4. The zero-order valence-corrected chi connectivity index (χ0v) is 11.7. The predicted octanol–water partition coefficient (Wildman–Crippen LogP) is 3.06. The lowest BCUT2D eigenvalue weighted by Crippen LogP contribution is -2.55. The molecule has 0 amide bonds. The molecule has 4 aliphatic carbocycles. The molecule has 0 aromatic rings. The minimum atomic E-state index is -5.44. The molecule has 0 aromatic carbocycles. The van der Waals surface area contributed by atoms with Gasteiger partial charge in [-0.05, 0) is 56.3 Å². The number of hydrogen-bond donors (Lipinski definition) is 1. The Labute approximate surface area is 123 Å². The minimum absolute atomic E-state index is 0.243. The number of ether oxygens (including phenoxy) is 1. The van der Waals surface area contributed by atoms with Crippen LogP contribution in [0.15, 0.2) is 0 Å². The molecule has 0 saturated heterocycles. The van der Waals surface area contributed by atoms with Gasteiger partial charge in [-0.2, -0.15) is 17.6 Å². The van der Waals surface area contributed by atoms with Crippen molar-refractivity contribution in [2.24, 2.45) is 23.2 Å². The monoisotopic (exact) mass is 324 g/mol. The van der Waals surface area contributed by atoms with Crippen LogP contribution in [0.3, 0.4) is 0 Å². The van der Waals surface area contributed by atoms with Gasteiger partial charge in [-0.3, -0.25) is 4.79 Å². The summed E-state index contributed by atoms with van der Waals surface area (Å²) in [6.45, 7) is 0. The SMILES string of the molecule is O=C(OC(F)(F)C(F)(F)C(=O)O)C12CC3CC(CC(C3)C1)C2. The highest BCUT2D eigenvalue weighted by Gasteiger charge is 2.68. The van der Waals surface area contributed by atoms with Crippen LogP contribution in [0.1, 0.15) is 38.5 Å². The molecule has 4 saturated carbocycles. The second-order valence-corrected chi connectivity index (χ2v) is 6.98. The van der Waals surface area contributed by atoms with E-state index >= 15 is 0 Å². The minimum Gasteiger partial charge on any atom is -0.477 e. The van der Waals surface area contributed by atoms with Gasteiger partial charge in [0, 0.05) is 0 Å². The summed E-state index contributed by atoms with van der Waals surface area (Å²) in [5.74, 6) is -9.11. The third-order valence-electron chi connectivity index (χ3n) is 5.33. The van der Waals surface area contributed by atoms with Gasteiger partial charge in [-0.25, -0.2) is 4.79 Å². The van der Waals surface area contributed by atoms with E-state index in [4.69, 9.17) is 5.11 Å². The van der Waals surface area contributed by atoms with Crippen molar-refractivity contribution >= 4 is 11.9 Å². The normalized spacial score (nSPS) is 37.2. The Balaban J connectivity index is 1.79. The van der Waals surface area contributed by atoms with E-state index in [9.17, 15) is 27.2 Å². The number of halogens is 4. The van der Waals surface area contributed by atoms with E-state index in [1.165, 1.54) is 0 Å². The molecule has 4 aliphatic rings. The Hall–Kier alpha value is -1.34. The van der Waals surface area contributed by atoms with Crippen molar-refractivity contribution in [1.82, 2.24) is 0 Å². The molecule has 4 nitrogen and oxygen atoms in total. The van der Waals surface area contributed by atoms with Crippen LogP contribution < -0.4 is 0 Å². The van der Waals surface area contributed by atoms with Crippen molar-refractivity contribution in [2.75, 3.05) is 0 Å². The fourth-order valence-electron chi connectivity index (χ4n) is 4.77. The zero-order chi connectivity index (χ0) is 16.3. The van der Waals surface area contributed by atoms with Crippen molar-refractivity contribution in [3.63, 3.8) is 0 Å². The molecular weight excluding hydrogens is 308 g/mol. The number of carbonyl (C=O) groups is 2. The van der Waals surface area contributed by atoms with Crippen molar-refractivity contribution in [3.8, 4) is 0 Å². The Morgan fingerprint density at radius 3 is 1.73 bits per heavy atom. The van der Waals surface area contributed by atoms with E-state index in [2.05, 4.69) is 4.74 Å². The highest BCUT2D eigenvalue weighted by Crippen LogP contribution is 2.60. The highest BCUT2D eigenvalue weighted by atomic mass is 19.3. The van der Waals surface area contributed by atoms with Crippen molar-refractivity contribution in [2.45, 2.75) is 50.6 Å². The number of esters is 1. The molecular formula is C14H16F4O4. The number of alkyl halides is 4. The van der Waals surface area contributed by atoms with Crippen LogP contribution in [0.4, 0.5) is 17.6 Å². The van der Waals surface area contributed by atoms with Gasteiger partial charge in [0.2, 0.25) is 0 Å². The maximum Gasteiger partial charge on any atom is 0.478 e. The topological polar surface area (TPSA) is 63.6 Å². The van der Waals surface area contributed by atoms with E-state index in [0.717, 1.165) is 19.3 Å². The summed E-state index contributed by atoms with van der Waals surface area (Å²) in [5.41, 5.74) is -1.15. The van der Waals surface area contributed by atoms with Crippen LogP contribution >= 0.6 is 0 Å². The molecule has 0 unspecified atom stereocenters. The smallest absolute Gasteiger partial charge is 0.477 e. The summed E-state index contributed by atoms with van der Waals surface area (Å²) in [4.78, 5) is 22.4. The van der Waals surface area contributed by atoms with Crippen LogP contribution in [-0.2, 0) is 14.3 Å². The van der Waals surface area contributed by atoms with Crippen molar-refractivity contribution < 1.29 is 37.0 Å². The van der Waals surface area contributed by atoms with Crippen LogP contribution in [0.5, 0.6) is 0 Å². The lowest BCUT2D eigenvalue weighted by atomic mass is 9.49. The van der Waals surface area contributed by atoms with Gasteiger partial charge in [0.1, 0.15) is 0 Å². The molecule has 0 spiro atoms. The van der Waals surface area contributed by atoms with E-state index in [1.54, 1.807) is 0 Å². The molecule has 0 heterocycles. The van der Waals surface area contributed by atoms with Gasteiger partial charge in [0.25, 0.3) is 0 Å². The molecule has 124 valence electrons. The van der Waals surface area contributed by atoms with E-state index in [-0.39, 0.29) is 17.8 Å². The molecule has 4 bridgehead atoms. The predicted molar refractivity (Wildman–Crippen MR) is 64.2 cm³/mol. The fraction of sp³-hybridized carbons (Fsp3) is 0.857. The Kier molecular flexibility index (Phi) is 3.24. The van der Waals surface area contributed by atoms with Gasteiger partial charge >= 0.3 is 24.0 Å². The number of carboxylic acids is 1. The van der Waals surface area contributed by atoms with E-state index in [0.29, 0.717) is 19.3 Å². The second kappa shape index (κ2) is 4.58. The number of carbonyl (C=O) groups excluding carboxylic acids is 1. The lowest BCUT2D eigenvalue weighted by molar-refractivity contribution is -0.328.